The first kappa shape index (κ1) is 28.3. The molecule has 1 fully saturated rings. The molecule has 39 heavy (non-hydrogen) atoms. The van der Waals surface area contributed by atoms with E-state index in [0.717, 1.165) is 0 Å². The molecular weight excluding hydrogens is 582 g/mol. The number of Topliss-reactive ketones (excluding diaryl/α,β-unsaturated/α-hetero) is 2. The number of nitrogens with two attached hydrogens (primary N) is 1. The molecule has 0 heterocycles. The number of hydrogen-bond donors (Lipinski definition) is 7. The molecule has 1 aromatic rings. The highest BCUT2D eigenvalue weighted by atomic mass is 79.9. The molecule has 13 nitrogen and oxygen atoms in total. The van der Waals surface area contributed by atoms with E-state index < -0.39 is 86.9 Å². The van der Waals surface area contributed by atoms with Gasteiger partial charge in [-0.25, -0.2) is 0 Å². The Balaban J connectivity index is 1.82. The van der Waals surface area contributed by atoms with Crippen LogP contribution in [0.4, 0.5) is 5.69 Å². The fourth-order valence-corrected chi connectivity index (χ4v) is 6.17. The number of aliphatic carboxylic acids is 1. The zero-order valence-corrected chi connectivity index (χ0v) is 22.4. The van der Waals surface area contributed by atoms with Gasteiger partial charge in [-0.15, -0.1) is 0 Å². The molecular formula is C25H26BrN3O10. The highest BCUT2D eigenvalue weighted by Gasteiger charge is 2.64. The highest BCUT2D eigenvalue weighted by molar-refractivity contribution is 9.10. The minimum Gasteiger partial charge on any atom is -0.508 e. The first-order valence-corrected chi connectivity index (χ1v) is 12.7. The second-order valence-corrected chi connectivity index (χ2v) is 11.1. The van der Waals surface area contributed by atoms with Crippen molar-refractivity contribution in [2.75, 3.05) is 19.4 Å². The summed E-state index contributed by atoms with van der Waals surface area (Å²) in [6, 6.07) is 1.67. The van der Waals surface area contributed by atoms with Crippen LogP contribution in [0.2, 0.25) is 0 Å². The number of phenolic OH excluding ortho intramolecular Hbond substituents is 1. The fraction of sp³-hybridized carbons (Fsp3) is 0.400. The van der Waals surface area contributed by atoms with Crippen LogP contribution in [-0.4, -0.2) is 90.3 Å². The zero-order chi connectivity index (χ0) is 29.1. The zero-order valence-electron chi connectivity index (χ0n) is 20.8. The van der Waals surface area contributed by atoms with Gasteiger partial charge in [0.1, 0.15) is 27.7 Å². The molecule has 5 atom stereocenters. The number of aliphatic hydroxyl groups excluding tert-OH is 2. The SMILES string of the molecule is CN(C)[C@@H]1C(=O)C(C(N)=O)=C(O)[C@@]2(O)C(=O)C3=C(O)c4c(ccc(NC(=O)C(Br)CC(=O)O)c4O)CC3CC12. The number of ketones is 2. The quantitative estimate of drug-likeness (QED) is 0.131. The normalized spacial score (nSPS) is 27.1. The van der Waals surface area contributed by atoms with Crippen molar-refractivity contribution in [1.82, 2.24) is 4.90 Å². The first-order chi connectivity index (χ1) is 18.1. The Kier molecular flexibility index (Phi) is 7.08. The number of nitrogens with zero attached hydrogens (tertiary/aromatic N) is 1. The summed E-state index contributed by atoms with van der Waals surface area (Å²) in [6.07, 6.45) is -0.495. The van der Waals surface area contributed by atoms with E-state index in [0.29, 0.717) is 5.56 Å². The lowest BCUT2D eigenvalue weighted by molar-refractivity contribution is -0.153. The van der Waals surface area contributed by atoms with Gasteiger partial charge in [0.05, 0.1) is 23.7 Å². The van der Waals surface area contributed by atoms with Crippen LogP contribution in [0.5, 0.6) is 5.75 Å². The number of hydrogen-bond acceptors (Lipinski definition) is 10. The van der Waals surface area contributed by atoms with Crippen molar-refractivity contribution in [2.45, 2.75) is 35.7 Å². The summed E-state index contributed by atoms with van der Waals surface area (Å²) in [7, 11) is 3.02. The van der Waals surface area contributed by atoms with Gasteiger partial charge < -0.3 is 36.6 Å². The number of aromatic hydroxyl groups is 1. The first-order valence-electron chi connectivity index (χ1n) is 11.8. The molecule has 4 rings (SSSR count). The summed E-state index contributed by atoms with van der Waals surface area (Å²) in [6.45, 7) is 0. The van der Waals surface area contributed by atoms with Crippen molar-refractivity contribution in [3.05, 3.63) is 40.2 Å². The predicted molar refractivity (Wildman–Crippen MR) is 138 cm³/mol. The summed E-state index contributed by atoms with van der Waals surface area (Å²) in [5, 5.41) is 55.8. The van der Waals surface area contributed by atoms with E-state index >= 15 is 0 Å². The van der Waals surface area contributed by atoms with E-state index in [1.165, 1.54) is 31.1 Å². The number of alkyl halides is 1. The molecule has 1 aromatic carbocycles. The van der Waals surface area contributed by atoms with Crippen molar-refractivity contribution >= 4 is 56.7 Å². The third kappa shape index (κ3) is 4.28. The van der Waals surface area contributed by atoms with E-state index in [2.05, 4.69) is 21.2 Å². The number of aliphatic hydroxyl groups is 3. The Morgan fingerprint density at radius 3 is 2.41 bits per heavy atom. The van der Waals surface area contributed by atoms with Gasteiger partial charge in [-0.2, -0.15) is 0 Å². The third-order valence-electron chi connectivity index (χ3n) is 7.49. The number of carboxylic acid groups (broad SMARTS) is 1. The maximum atomic E-state index is 13.8. The molecule has 14 heteroatoms. The Morgan fingerprint density at radius 1 is 1.21 bits per heavy atom. The van der Waals surface area contributed by atoms with E-state index in [-0.39, 0.29) is 29.7 Å². The number of nitrogens with one attached hydrogen (secondary N) is 1. The van der Waals surface area contributed by atoms with Crippen LogP contribution in [0.1, 0.15) is 24.0 Å². The number of benzene rings is 1. The second kappa shape index (κ2) is 9.77. The van der Waals surface area contributed by atoms with Crippen LogP contribution in [0.25, 0.3) is 5.76 Å². The van der Waals surface area contributed by atoms with Crippen LogP contribution in [0.15, 0.2) is 29.0 Å². The molecule has 2 amide bonds. The Labute approximate surface area is 229 Å². The summed E-state index contributed by atoms with van der Waals surface area (Å²) in [4.78, 5) is 62.5. The average molecular weight is 608 g/mol. The molecule has 1 saturated carbocycles. The van der Waals surface area contributed by atoms with Gasteiger partial charge in [-0.1, -0.05) is 22.0 Å². The summed E-state index contributed by atoms with van der Waals surface area (Å²) >= 11 is 2.95. The molecule has 3 aliphatic carbocycles. The number of fused-ring (bicyclic) bond motifs is 3. The van der Waals surface area contributed by atoms with Gasteiger partial charge in [0.2, 0.25) is 11.7 Å². The molecule has 208 valence electrons. The number of carboxylic acids is 1. The number of rotatable bonds is 6. The van der Waals surface area contributed by atoms with E-state index in [9.17, 15) is 44.4 Å². The Bertz CT molecular complexity index is 1400. The molecule has 8 N–H and O–H groups in total. The topological polar surface area (TPSA) is 228 Å². The number of primary amides is 1. The number of carbonyl (C=O) groups is 5. The molecule has 0 saturated heterocycles. The number of amides is 2. The van der Waals surface area contributed by atoms with Crippen molar-refractivity contribution in [3.8, 4) is 5.75 Å². The lowest BCUT2D eigenvalue weighted by Crippen LogP contribution is -2.65. The monoisotopic (exact) mass is 607 g/mol. The van der Waals surface area contributed by atoms with Crippen LogP contribution >= 0.6 is 15.9 Å². The van der Waals surface area contributed by atoms with Crippen LogP contribution in [0.3, 0.4) is 0 Å². The van der Waals surface area contributed by atoms with E-state index in [4.69, 9.17) is 10.8 Å². The fourth-order valence-electron chi connectivity index (χ4n) is 5.78. The largest absolute Gasteiger partial charge is 0.508 e. The van der Waals surface area contributed by atoms with Crippen molar-refractivity contribution in [2.24, 2.45) is 17.6 Å². The number of carbonyl (C=O) groups excluding carboxylic acids is 4. The maximum Gasteiger partial charge on any atom is 0.305 e. The van der Waals surface area contributed by atoms with Gasteiger partial charge in [-0.3, -0.25) is 28.9 Å². The number of likely N-dealkylation sites (N-methyl/N-ethyl adjacent to an activating group) is 1. The lowest BCUT2D eigenvalue weighted by atomic mass is 9.57. The molecule has 0 bridgehead atoms. The van der Waals surface area contributed by atoms with Crippen LogP contribution < -0.4 is 11.1 Å². The molecule has 0 aromatic heterocycles. The molecule has 0 aliphatic heterocycles. The second-order valence-electron chi connectivity index (χ2n) is 10.0. The van der Waals surface area contributed by atoms with E-state index in [1.54, 1.807) is 0 Å². The van der Waals surface area contributed by atoms with Gasteiger partial charge in [0.25, 0.3) is 5.91 Å². The molecule has 0 radical (unpaired) electrons. The number of anilines is 1. The summed E-state index contributed by atoms with van der Waals surface area (Å²) in [5.41, 5.74) is 1.33. The third-order valence-corrected chi connectivity index (χ3v) is 8.23. The molecule has 3 unspecified atom stereocenters. The van der Waals surface area contributed by atoms with Crippen LogP contribution in [0, 0.1) is 11.8 Å². The number of halogens is 1. The van der Waals surface area contributed by atoms with Gasteiger partial charge in [0, 0.05) is 11.5 Å². The van der Waals surface area contributed by atoms with E-state index in [1.807, 2.05) is 0 Å². The Morgan fingerprint density at radius 2 is 1.85 bits per heavy atom. The molecule has 3 aliphatic rings. The molecule has 0 spiro atoms. The van der Waals surface area contributed by atoms with Gasteiger partial charge in [-0.05, 0) is 44.5 Å². The predicted octanol–water partition coefficient (Wildman–Crippen LogP) is 0.141. The van der Waals surface area contributed by atoms with Gasteiger partial charge in [0.15, 0.2) is 11.4 Å². The maximum absolute atomic E-state index is 13.8. The van der Waals surface area contributed by atoms with Gasteiger partial charge >= 0.3 is 5.97 Å². The summed E-state index contributed by atoms with van der Waals surface area (Å²) in [5.74, 6) is -9.76. The highest BCUT2D eigenvalue weighted by Crippen LogP contribution is 2.53. The smallest absolute Gasteiger partial charge is 0.305 e. The standard InChI is InChI=1S/C25H26BrN3O10/c1-29(2)17-10-6-9-5-8-3-4-12(28-24(38)11(26)7-13(30)31)18(32)14(8)19(33)15(9)21(35)25(10,39)22(36)16(20(17)34)23(27)37/h3-4,9-11,17,32-33,36,39H,5-7H2,1-2H3,(H2,27,37)(H,28,38)(H,30,31)/t9?,10?,11?,17-,25-/m0/s1. The van der Waals surface area contributed by atoms with Crippen molar-refractivity contribution in [3.63, 3.8) is 0 Å². The average Bonchev–Trinajstić information content (AvgIpc) is 2.82. The summed E-state index contributed by atoms with van der Waals surface area (Å²) < 4.78 is 0. The van der Waals surface area contributed by atoms with Crippen LogP contribution in [-0.2, 0) is 30.4 Å². The minimum absolute atomic E-state index is 0.0501. The van der Waals surface area contributed by atoms with Crippen molar-refractivity contribution < 1.29 is 49.5 Å². The van der Waals surface area contributed by atoms with Crippen molar-refractivity contribution in [1.29, 1.82) is 0 Å². The Hall–Kier alpha value is -3.75. The number of phenols is 1. The minimum atomic E-state index is -2.76. The lowest BCUT2D eigenvalue weighted by Gasteiger charge is -2.50.